The van der Waals surface area contributed by atoms with Crippen LogP contribution in [-0.2, 0) is 0 Å². The standard InChI is InChI=1S/C6H10Br2/c1-3-5(7)4(2)6(3)8/h3-6H,1-2H3. The molecule has 0 nitrogen and oxygen atoms in total. The summed E-state index contributed by atoms with van der Waals surface area (Å²) in [5.41, 5.74) is 0. The molecular formula is C6H10Br2. The van der Waals surface area contributed by atoms with E-state index in [0.29, 0.717) is 0 Å². The van der Waals surface area contributed by atoms with Gasteiger partial charge in [0.25, 0.3) is 0 Å². The summed E-state index contributed by atoms with van der Waals surface area (Å²) in [5, 5.41) is 0. The average molecular weight is 242 g/mol. The van der Waals surface area contributed by atoms with Gasteiger partial charge < -0.3 is 0 Å². The number of hydrogen-bond donors (Lipinski definition) is 0. The molecular weight excluding hydrogens is 232 g/mol. The Bertz CT molecular complexity index is 60.5. The van der Waals surface area contributed by atoms with Crippen molar-refractivity contribution in [2.75, 3.05) is 0 Å². The van der Waals surface area contributed by atoms with Crippen molar-refractivity contribution >= 4 is 31.9 Å². The van der Waals surface area contributed by atoms with Crippen molar-refractivity contribution in [2.24, 2.45) is 11.8 Å². The Balaban J connectivity index is 2.42. The van der Waals surface area contributed by atoms with Crippen molar-refractivity contribution in [1.82, 2.24) is 0 Å². The summed E-state index contributed by atoms with van der Waals surface area (Å²) >= 11 is 7.20. The lowest BCUT2D eigenvalue weighted by atomic mass is 9.77. The Kier molecular flexibility index (Phi) is 2.03. The maximum Gasteiger partial charge on any atom is 0.0218 e. The molecule has 0 aromatic rings. The lowest BCUT2D eigenvalue weighted by Crippen LogP contribution is -2.45. The minimum Gasteiger partial charge on any atom is -0.0884 e. The maximum atomic E-state index is 3.60. The third-order valence-electron chi connectivity index (χ3n) is 2.01. The normalized spacial score (nSPS) is 55.5. The maximum absolute atomic E-state index is 3.60. The highest BCUT2D eigenvalue weighted by Gasteiger charge is 2.41. The van der Waals surface area contributed by atoms with Crippen LogP contribution in [0.2, 0.25) is 0 Å². The van der Waals surface area contributed by atoms with Gasteiger partial charge in [-0.05, 0) is 11.8 Å². The highest BCUT2D eigenvalue weighted by Crippen LogP contribution is 2.44. The Morgan fingerprint density at radius 1 is 0.875 bits per heavy atom. The zero-order chi connectivity index (χ0) is 6.31. The molecule has 0 radical (unpaired) electrons. The largest absolute Gasteiger partial charge is 0.0884 e. The molecule has 1 aliphatic rings. The van der Waals surface area contributed by atoms with E-state index >= 15 is 0 Å². The number of alkyl halides is 2. The van der Waals surface area contributed by atoms with Crippen molar-refractivity contribution in [2.45, 2.75) is 23.5 Å². The molecule has 1 rings (SSSR count). The molecule has 0 amide bonds. The molecule has 0 unspecified atom stereocenters. The first-order valence-electron chi connectivity index (χ1n) is 2.92. The molecule has 8 heavy (non-hydrogen) atoms. The second kappa shape index (κ2) is 2.30. The lowest BCUT2D eigenvalue weighted by Gasteiger charge is -2.42. The van der Waals surface area contributed by atoms with Gasteiger partial charge in [0, 0.05) is 9.65 Å². The topological polar surface area (TPSA) is 0 Å². The monoisotopic (exact) mass is 240 g/mol. The van der Waals surface area contributed by atoms with Crippen molar-refractivity contribution in [3.63, 3.8) is 0 Å². The Morgan fingerprint density at radius 3 is 1.25 bits per heavy atom. The van der Waals surface area contributed by atoms with E-state index in [1.807, 2.05) is 0 Å². The fourth-order valence-corrected chi connectivity index (χ4v) is 3.30. The molecule has 1 saturated carbocycles. The van der Waals surface area contributed by atoms with E-state index in [1.54, 1.807) is 0 Å². The van der Waals surface area contributed by atoms with Crippen LogP contribution < -0.4 is 0 Å². The van der Waals surface area contributed by atoms with Crippen molar-refractivity contribution < 1.29 is 0 Å². The molecule has 1 aliphatic carbocycles. The summed E-state index contributed by atoms with van der Waals surface area (Å²) in [6.07, 6.45) is 0. The number of halogens is 2. The van der Waals surface area contributed by atoms with Crippen LogP contribution in [0.5, 0.6) is 0 Å². The van der Waals surface area contributed by atoms with E-state index in [-0.39, 0.29) is 0 Å². The minimum absolute atomic E-state index is 0.742. The van der Waals surface area contributed by atoms with E-state index in [9.17, 15) is 0 Å². The molecule has 0 aromatic carbocycles. The third kappa shape index (κ3) is 0.860. The van der Waals surface area contributed by atoms with Crippen LogP contribution in [0.3, 0.4) is 0 Å². The van der Waals surface area contributed by atoms with Crippen molar-refractivity contribution in [3.05, 3.63) is 0 Å². The van der Waals surface area contributed by atoms with Crippen molar-refractivity contribution in [3.8, 4) is 0 Å². The Labute approximate surface area is 67.3 Å². The fraction of sp³-hybridized carbons (Fsp3) is 1.00. The SMILES string of the molecule is CC1C(Br)C(C)C1Br. The number of rotatable bonds is 0. The molecule has 0 spiro atoms. The van der Waals surface area contributed by atoms with Gasteiger partial charge in [0.15, 0.2) is 0 Å². The zero-order valence-corrected chi connectivity index (χ0v) is 8.24. The van der Waals surface area contributed by atoms with Gasteiger partial charge in [-0.1, -0.05) is 45.7 Å². The Hall–Kier alpha value is 0.960. The predicted octanol–water partition coefficient (Wildman–Crippen LogP) is 2.80. The van der Waals surface area contributed by atoms with Gasteiger partial charge >= 0.3 is 0 Å². The van der Waals surface area contributed by atoms with E-state index in [4.69, 9.17) is 0 Å². The minimum atomic E-state index is 0.742. The van der Waals surface area contributed by atoms with Crippen LogP contribution in [0.15, 0.2) is 0 Å². The summed E-state index contributed by atoms with van der Waals surface area (Å²) in [6, 6.07) is 0. The smallest absolute Gasteiger partial charge is 0.0218 e. The Morgan fingerprint density at radius 2 is 1.12 bits per heavy atom. The fourth-order valence-electron chi connectivity index (χ4n) is 1.16. The van der Waals surface area contributed by atoms with Crippen LogP contribution >= 0.6 is 31.9 Å². The summed E-state index contributed by atoms with van der Waals surface area (Å²) in [7, 11) is 0. The summed E-state index contributed by atoms with van der Waals surface area (Å²) in [6.45, 7) is 4.53. The molecule has 48 valence electrons. The molecule has 2 heteroatoms. The molecule has 1 fully saturated rings. The van der Waals surface area contributed by atoms with Gasteiger partial charge in [0.05, 0.1) is 0 Å². The van der Waals surface area contributed by atoms with Gasteiger partial charge in [-0.25, -0.2) is 0 Å². The van der Waals surface area contributed by atoms with Gasteiger partial charge in [0.2, 0.25) is 0 Å². The van der Waals surface area contributed by atoms with Crippen LogP contribution in [0.25, 0.3) is 0 Å². The first-order chi connectivity index (χ1) is 3.64. The highest BCUT2D eigenvalue weighted by molar-refractivity contribution is 9.10. The zero-order valence-electron chi connectivity index (χ0n) is 5.07. The molecule has 0 heterocycles. The van der Waals surface area contributed by atoms with Gasteiger partial charge in [0.1, 0.15) is 0 Å². The first-order valence-corrected chi connectivity index (χ1v) is 4.76. The third-order valence-corrected chi connectivity index (χ3v) is 5.34. The quantitative estimate of drug-likeness (QED) is 0.573. The van der Waals surface area contributed by atoms with E-state index in [2.05, 4.69) is 45.7 Å². The predicted molar refractivity (Wildman–Crippen MR) is 43.8 cm³/mol. The second-order valence-electron chi connectivity index (χ2n) is 2.61. The molecule has 0 atom stereocenters. The van der Waals surface area contributed by atoms with E-state index < -0.39 is 0 Å². The molecule has 0 aliphatic heterocycles. The summed E-state index contributed by atoms with van der Waals surface area (Å²) < 4.78 is 0. The van der Waals surface area contributed by atoms with Crippen LogP contribution in [0.1, 0.15) is 13.8 Å². The summed E-state index contributed by atoms with van der Waals surface area (Å²) in [5.74, 6) is 1.62. The average Bonchev–Trinajstić information content (AvgIpc) is 1.83. The highest BCUT2D eigenvalue weighted by atomic mass is 79.9. The molecule has 0 saturated heterocycles. The van der Waals surface area contributed by atoms with Crippen LogP contribution in [-0.4, -0.2) is 9.65 Å². The van der Waals surface area contributed by atoms with E-state index in [0.717, 1.165) is 21.5 Å². The molecule has 0 bridgehead atoms. The van der Waals surface area contributed by atoms with Gasteiger partial charge in [-0.3, -0.25) is 0 Å². The lowest BCUT2D eigenvalue weighted by molar-refractivity contribution is 0.276. The molecule has 0 aromatic heterocycles. The second-order valence-corrected chi connectivity index (χ2v) is 4.72. The summed E-state index contributed by atoms with van der Waals surface area (Å²) in [4.78, 5) is 1.48. The molecule has 0 N–H and O–H groups in total. The van der Waals surface area contributed by atoms with Crippen molar-refractivity contribution in [1.29, 1.82) is 0 Å². The van der Waals surface area contributed by atoms with Crippen LogP contribution in [0, 0.1) is 11.8 Å². The number of hydrogen-bond acceptors (Lipinski definition) is 0. The van der Waals surface area contributed by atoms with E-state index in [1.165, 1.54) is 0 Å². The van der Waals surface area contributed by atoms with Gasteiger partial charge in [-0.2, -0.15) is 0 Å². The van der Waals surface area contributed by atoms with Crippen LogP contribution in [0.4, 0.5) is 0 Å². The van der Waals surface area contributed by atoms with Gasteiger partial charge in [-0.15, -0.1) is 0 Å². The first kappa shape index (κ1) is 7.07.